The molecule has 0 bridgehead atoms. The van der Waals surface area contributed by atoms with Gasteiger partial charge in [0.1, 0.15) is 5.75 Å². The highest BCUT2D eigenvalue weighted by Crippen LogP contribution is 2.37. The van der Waals surface area contributed by atoms with Gasteiger partial charge in [0, 0.05) is 16.7 Å². The third kappa shape index (κ3) is 4.83. The molecule has 0 fully saturated rings. The molecule has 0 saturated carbocycles. The standard InChI is InChI=1S/C21H23NO4S/c1-3-25-17-10-8-16(9-11-17)21(24)26-14-20(23)22-13-12-15(2)27-19-7-5-4-6-18(19)22/h4-11,15H,3,12-14H2,1-2H3. The number of nitrogens with zero attached hydrogens (tertiary/aromatic N) is 1. The first-order chi connectivity index (χ1) is 13.1. The molecule has 6 heteroatoms. The third-order valence-corrected chi connectivity index (χ3v) is 5.51. The van der Waals surface area contributed by atoms with Crippen molar-refractivity contribution in [1.29, 1.82) is 0 Å². The zero-order valence-corrected chi connectivity index (χ0v) is 16.3. The Kier molecular flexibility index (Phi) is 6.40. The van der Waals surface area contributed by atoms with E-state index in [1.807, 2.05) is 31.2 Å². The van der Waals surface area contributed by atoms with Crippen molar-refractivity contribution < 1.29 is 19.1 Å². The second-order valence-corrected chi connectivity index (χ2v) is 7.74. The average Bonchev–Trinajstić information content (AvgIpc) is 2.85. The molecule has 1 aliphatic rings. The van der Waals surface area contributed by atoms with E-state index in [0.717, 1.165) is 17.0 Å². The zero-order valence-electron chi connectivity index (χ0n) is 15.5. The molecule has 1 atom stereocenters. The van der Waals surface area contributed by atoms with Gasteiger partial charge in [0.15, 0.2) is 6.61 Å². The van der Waals surface area contributed by atoms with Gasteiger partial charge in [-0.2, -0.15) is 0 Å². The van der Waals surface area contributed by atoms with Crippen LogP contribution in [-0.2, 0) is 9.53 Å². The molecule has 142 valence electrons. The minimum absolute atomic E-state index is 0.212. The van der Waals surface area contributed by atoms with Gasteiger partial charge in [0.05, 0.1) is 17.9 Å². The number of ether oxygens (including phenoxy) is 2. The summed E-state index contributed by atoms with van der Waals surface area (Å²) in [6.45, 7) is 4.95. The van der Waals surface area contributed by atoms with Crippen LogP contribution in [0.2, 0.25) is 0 Å². The Morgan fingerprint density at radius 3 is 2.63 bits per heavy atom. The molecule has 0 spiro atoms. The molecule has 0 N–H and O–H groups in total. The molecule has 3 rings (SSSR count). The van der Waals surface area contributed by atoms with Gasteiger partial charge in [-0.3, -0.25) is 4.79 Å². The Hall–Kier alpha value is -2.47. The summed E-state index contributed by atoms with van der Waals surface area (Å²) in [5.74, 6) is -0.0356. The van der Waals surface area contributed by atoms with Gasteiger partial charge in [0.25, 0.3) is 5.91 Å². The Balaban J connectivity index is 1.64. The van der Waals surface area contributed by atoms with E-state index in [-0.39, 0.29) is 12.5 Å². The van der Waals surface area contributed by atoms with Gasteiger partial charge in [-0.25, -0.2) is 4.79 Å². The highest BCUT2D eigenvalue weighted by Gasteiger charge is 2.25. The van der Waals surface area contributed by atoms with E-state index in [1.165, 1.54) is 0 Å². The molecular formula is C21H23NO4S. The Morgan fingerprint density at radius 2 is 1.89 bits per heavy atom. The fourth-order valence-corrected chi connectivity index (χ4v) is 4.00. The maximum absolute atomic E-state index is 12.7. The molecule has 5 nitrogen and oxygen atoms in total. The molecule has 0 radical (unpaired) electrons. The maximum atomic E-state index is 12.7. The summed E-state index contributed by atoms with van der Waals surface area (Å²) in [6, 6.07) is 14.5. The summed E-state index contributed by atoms with van der Waals surface area (Å²) >= 11 is 1.77. The van der Waals surface area contributed by atoms with Gasteiger partial charge >= 0.3 is 5.97 Å². The minimum atomic E-state index is -0.516. The highest BCUT2D eigenvalue weighted by atomic mass is 32.2. The van der Waals surface area contributed by atoms with Gasteiger partial charge in [-0.1, -0.05) is 19.1 Å². The SMILES string of the molecule is CCOc1ccc(C(=O)OCC(=O)N2CCC(C)Sc3ccccc32)cc1. The van der Waals surface area contributed by atoms with Crippen LogP contribution >= 0.6 is 11.8 Å². The van der Waals surface area contributed by atoms with E-state index in [9.17, 15) is 9.59 Å². The summed E-state index contributed by atoms with van der Waals surface area (Å²) in [5.41, 5.74) is 1.28. The molecule has 27 heavy (non-hydrogen) atoms. The second-order valence-electron chi connectivity index (χ2n) is 6.26. The number of hydrogen-bond donors (Lipinski definition) is 0. The molecule has 1 heterocycles. The lowest BCUT2D eigenvalue weighted by molar-refractivity contribution is -0.121. The highest BCUT2D eigenvalue weighted by molar-refractivity contribution is 8.00. The lowest BCUT2D eigenvalue weighted by Gasteiger charge is -2.22. The fourth-order valence-electron chi connectivity index (χ4n) is 2.89. The first-order valence-electron chi connectivity index (χ1n) is 9.04. The normalized spacial score (nSPS) is 16.2. The van der Waals surface area contributed by atoms with Crippen molar-refractivity contribution in [1.82, 2.24) is 0 Å². The maximum Gasteiger partial charge on any atom is 0.338 e. The van der Waals surface area contributed by atoms with E-state index in [0.29, 0.717) is 29.7 Å². The van der Waals surface area contributed by atoms with E-state index in [2.05, 4.69) is 6.92 Å². The Labute approximate surface area is 163 Å². The van der Waals surface area contributed by atoms with E-state index in [1.54, 1.807) is 40.9 Å². The van der Waals surface area contributed by atoms with Crippen LogP contribution in [0.3, 0.4) is 0 Å². The molecule has 0 aliphatic carbocycles. The molecule has 1 unspecified atom stereocenters. The summed E-state index contributed by atoms with van der Waals surface area (Å²) < 4.78 is 10.6. The van der Waals surface area contributed by atoms with Crippen molar-refractivity contribution in [3.63, 3.8) is 0 Å². The van der Waals surface area contributed by atoms with Crippen molar-refractivity contribution in [3.05, 3.63) is 54.1 Å². The molecule has 2 aromatic rings. The molecular weight excluding hydrogens is 362 g/mol. The molecule has 0 aromatic heterocycles. The largest absolute Gasteiger partial charge is 0.494 e. The quantitative estimate of drug-likeness (QED) is 0.724. The lowest BCUT2D eigenvalue weighted by atomic mass is 10.2. The predicted octanol–water partition coefficient (Wildman–Crippen LogP) is 4.16. The number of fused-ring (bicyclic) bond motifs is 1. The van der Waals surface area contributed by atoms with Crippen LogP contribution in [0.25, 0.3) is 0 Å². The summed E-state index contributed by atoms with van der Waals surface area (Å²) in [5, 5.41) is 0.426. The lowest BCUT2D eigenvalue weighted by Crippen LogP contribution is -2.35. The van der Waals surface area contributed by atoms with Crippen LogP contribution in [0.4, 0.5) is 5.69 Å². The van der Waals surface area contributed by atoms with Crippen molar-refractivity contribution in [2.24, 2.45) is 0 Å². The summed E-state index contributed by atoms with van der Waals surface area (Å²) in [7, 11) is 0. The van der Waals surface area contributed by atoms with Crippen LogP contribution in [0.15, 0.2) is 53.4 Å². The van der Waals surface area contributed by atoms with E-state index < -0.39 is 5.97 Å². The number of carbonyl (C=O) groups is 2. The number of carbonyl (C=O) groups excluding carboxylic acids is 2. The van der Waals surface area contributed by atoms with Crippen LogP contribution in [-0.4, -0.2) is 36.9 Å². The van der Waals surface area contributed by atoms with E-state index in [4.69, 9.17) is 9.47 Å². The Bertz CT molecular complexity index is 806. The fraction of sp³-hybridized carbons (Fsp3) is 0.333. The van der Waals surface area contributed by atoms with E-state index >= 15 is 0 Å². The zero-order chi connectivity index (χ0) is 19.2. The number of hydrogen-bond acceptors (Lipinski definition) is 5. The number of thioether (sulfide) groups is 1. The smallest absolute Gasteiger partial charge is 0.338 e. The predicted molar refractivity (Wildman–Crippen MR) is 107 cm³/mol. The summed E-state index contributed by atoms with van der Waals surface area (Å²) in [4.78, 5) is 27.7. The number of amides is 1. The topological polar surface area (TPSA) is 55.8 Å². The first kappa shape index (κ1) is 19.3. The Morgan fingerprint density at radius 1 is 1.15 bits per heavy atom. The second kappa shape index (κ2) is 8.95. The van der Waals surface area contributed by atoms with Crippen LogP contribution in [0.5, 0.6) is 5.75 Å². The number of anilines is 1. The van der Waals surface area contributed by atoms with Gasteiger partial charge in [-0.15, -0.1) is 11.8 Å². The van der Waals surface area contributed by atoms with Gasteiger partial charge in [0.2, 0.25) is 0 Å². The summed E-state index contributed by atoms with van der Waals surface area (Å²) in [6.07, 6.45) is 0.887. The van der Waals surface area contributed by atoms with Crippen LogP contribution in [0, 0.1) is 0 Å². The average molecular weight is 385 g/mol. The number of rotatable bonds is 5. The van der Waals surface area contributed by atoms with Crippen LogP contribution < -0.4 is 9.64 Å². The van der Waals surface area contributed by atoms with Crippen molar-refractivity contribution in [3.8, 4) is 5.75 Å². The minimum Gasteiger partial charge on any atom is -0.494 e. The third-order valence-electron chi connectivity index (χ3n) is 4.27. The number of esters is 1. The van der Waals surface area contributed by atoms with Crippen molar-refractivity contribution in [2.75, 3.05) is 24.7 Å². The molecule has 2 aromatic carbocycles. The molecule has 0 saturated heterocycles. The monoisotopic (exact) mass is 385 g/mol. The first-order valence-corrected chi connectivity index (χ1v) is 9.92. The van der Waals surface area contributed by atoms with Crippen molar-refractivity contribution >= 4 is 29.3 Å². The van der Waals surface area contributed by atoms with Gasteiger partial charge in [-0.05, 0) is 49.7 Å². The van der Waals surface area contributed by atoms with Crippen molar-refractivity contribution in [2.45, 2.75) is 30.4 Å². The molecule has 1 aliphatic heterocycles. The van der Waals surface area contributed by atoms with Crippen LogP contribution in [0.1, 0.15) is 30.6 Å². The number of para-hydroxylation sites is 1. The number of benzene rings is 2. The van der Waals surface area contributed by atoms with Gasteiger partial charge < -0.3 is 14.4 Å². The molecule has 1 amide bonds.